The number of amides is 1. The van der Waals surface area contributed by atoms with Crippen molar-refractivity contribution < 1.29 is 28.9 Å². The summed E-state index contributed by atoms with van der Waals surface area (Å²) in [7, 11) is 4.50. The molecule has 9 nitrogen and oxygen atoms in total. The number of carboxylic acids is 1. The summed E-state index contributed by atoms with van der Waals surface area (Å²) in [6.07, 6.45) is 1.06. The van der Waals surface area contributed by atoms with E-state index in [0.29, 0.717) is 22.8 Å². The van der Waals surface area contributed by atoms with E-state index in [2.05, 4.69) is 15.5 Å². The second kappa shape index (κ2) is 8.38. The second-order valence-electron chi connectivity index (χ2n) is 4.78. The normalized spacial score (nSPS) is 18.4. The van der Waals surface area contributed by atoms with Gasteiger partial charge >= 0.3 is 0 Å². The molecule has 1 atom stereocenters. The lowest BCUT2D eigenvalue weighted by atomic mass is 10.2. The summed E-state index contributed by atoms with van der Waals surface area (Å²) in [5, 5.41) is 20.3. The highest BCUT2D eigenvalue weighted by Gasteiger charge is 2.30. The summed E-state index contributed by atoms with van der Waals surface area (Å²) < 4.78 is 15.7. The van der Waals surface area contributed by atoms with Crippen molar-refractivity contribution in [2.75, 3.05) is 21.3 Å². The van der Waals surface area contributed by atoms with Gasteiger partial charge in [0.1, 0.15) is 0 Å². The van der Waals surface area contributed by atoms with E-state index in [4.69, 9.17) is 14.2 Å². The summed E-state index contributed by atoms with van der Waals surface area (Å²) in [6.45, 7) is 0. The Morgan fingerprint density at radius 3 is 2.44 bits per heavy atom. The Morgan fingerprint density at radius 1 is 1.28 bits per heavy atom. The lowest BCUT2D eigenvalue weighted by Crippen LogP contribution is -2.31. The lowest BCUT2D eigenvalue weighted by Gasteiger charge is -2.12. The van der Waals surface area contributed by atoms with Crippen molar-refractivity contribution in [1.29, 1.82) is 0 Å². The van der Waals surface area contributed by atoms with Crippen LogP contribution in [0.3, 0.4) is 0 Å². The molecule has 25 heavy (non-hydrogen) atoms. The van der Waals surface area contributed by atoms with E-state index in [-0.39, 0.29) is 11.6 Å². The van der Waals surface area contributed by atoms with Gasteiger partial charge in [0, 0.05) is 18.0 Å². The molecule has 1 saturated heterocycles. The topological polar surface area (TPSA) is 122 Å². The molecule has 1 amide bonds. The van der Waals surface area contributed by atoms with Crippen LogP contribution in [0.5, 0.6) is 17.2 Å². The van der Waals surface area contributed by atoms with Gasteiger partial charge in [0.25, 0.3) is 0 Å². The highest BCUT2D eigenvalue weighted by molar-refractivity contribution is 8.15. The van der Waals surface area contributed by atoms with Crippen LogP contribution in [0.1, 0.15) is 12.0 Å². The maximum atomic E-state index is 11.6. The molecule has 134 valence electrons. The Labute approximate surface area is 148 Å². The van der Waals surface area contributed by atoms with E-state index >= 15 is 0 Å². The molecule has 1 aromatic carbocycles. The predicted octanol–water partition coefficient (Wildman–Crippen LogP) is -0.226. The van der Waals surface area contributed by atoms with E-state index in [1.54, 1.807) is 12.1 Å². The van der Waals surface area contributed by atoms with Crippen LogP contribution < -0.4 is 24.6 Å². The molecule has 1 aromatic rings. The fraction of sp³-hybridized carbons (Fsp3) is 0.333. The Bertz CT molecular complexity index is 709. The zero-order valence-electron chi connectivity index (χ0n) is 13.8. The molecule has 1 fully saturated rings. The minimum absolute atomic E-state index is 0.222. The van der Waals surface area contributed by atoms with E-state index < -0.39 is 17.1 Å². The van der Waals surface area contributed by atoms with Crippen molar-refractivity contribution in [2.45, 2.75) is 11.7 Å². The van der Waals surface area contributed by atoms with E-state index in [0.717, 1.165) is 11.8 Å². The number of nitrogens with zero attached hydrogens (tertiary/aromatic N) is 2. The molecule has 0 spiro atoms. The van der Waals surface area contributed by atoms with Gasteiger partial charge in [0.2, 0.25) is 11.7 Å². The van der Waals surface area contributed by atoms with Gasteiger partial charge in [-0.2, -0.15) is 5.10 Å². The van der Waals surface area contributed by atoms with Crippen molar-refractivity contribution in [3.05, 3.63) is 17.7 Å². The van der Waals surface area contributed by atoms with Crippen LogP contribution in [0, 0.1) is 0 Å². The van der Waals surface area contributed by atoms with Crippen LogP contribution in [0.4, 0.5) is 0 Å². The summed E-state index contributed by atoms with van der Waals surface area (Å²) in [6, 6.07) is 3.37. The van der Waals surface area contributed by atoms with Crippen molar-refractivity contribution in [3.8, 4) is 17.2 Å². The number of carboxylic acid groups (broad SMARTS) is 1. The van der Waals surface area contributed by atoms with Crippen LogP contribution >= 0.6 is 11.8 Å². The van der Waals surface area contributed by atoms with Gasteiger partial charge in [-0.1, -0.05) is 11.8 Å². The highest BCUT2D eigenvalue weighted by atomic mass is 32.2. The van der Waals surface area contributed by atoms with E-state index in [9.17, 15) is 14.7 Å². The number of ether oxygens (including phenoxy) is 3. The fourth-order valence-electron chi connectivity index (χ4n) is 2.06. The fourth-order valence-corrected chi connectivity index (χ4v) is 2.97. The smallest absolute Gasteiger partial charge is 0.239 e. The van der Waals surface area contributed by atoms with Crippen LogP contribution in [0.2, 0.25) is 0 Å². The molecule has 10 heteroatoms. The number of amidine groups is 1. The average molecular weight is 366 g/mol. The molecule has 1 aliphatic rings. The van der Waals surface area contributed by atoms with Crippen molar-refractivity contribution in [1.82, 2.24) is 5.32 Å². The molecule has 0 unspecified atom stereocenters. The van der Waals surface area contributed by atoms with Gasteiger partial charge in [-0.15, -0.1) is 5.10 Å². The molecule has 0 bridgehead atoms. The number of carbonyl (C=O) groups excluding carboxylic acids is 2. The number of carbonyl (C=O) groups is 2. The van der Waals surface area contributed by atoms with Crippen LogP contribution in [0.25, 0.3) is 0 Å². The second-order valence-corrected chi connectivity index (χ2v) is 5.97. The number of hydrogen-bond acceptors (Lipinski definition) is 9. The molecule has 1 heterocycles. The Kier molecular flexibility index (Phi) is 6.23. The van der Waals surface area contributed by atoms with Gasteiger partial charge in [0.05, 0.1) is 32.8 Å². The molecule has 1 N–H and O–H groups in total. The van der Waals surface area contributed by atoms with E-state index in [1.165, 1.54) is 27.5 Å². The van der Waals surface area contributed by atoms with E-state index in [1.807, 2.05) is 0 Å². The molecule has 0 aromatic heterocycles. The first-order chi connectivity index (χ1) is 12.0. The third-order valence-electron chi connectivity index (χ3n) is 3.17. The molecule has 0 radical (unpaired) electrons. The van der Waals surface area contributed by atoms with Crippen LogP contribution in [-0.4, -0.2) is 49.8 Å². The first-order valence-electron chi connectivity index (χ1n) is 7.06. The third-order valence-corrected chi connectivity index (χ3v) is 4.24. The van der Waals surface area contributed by atoms with Crippen LogP contribution in [0.15, 0.2) is 22.3 Å². The summed E-state index contributed by atoms with van der Waals surface area (Å²) in [4.78, 5) is 22.2. The lowest BCUT2D eigenvalue weighted by molar-refractivity contribution is -0.305. The SMILES string of the molecule is COc1cc(/C=N\N=C2\NC(=O)[C@@H](CC(=O)[O-])S2)cc(OC)c1OC. The number of nitrogens with one attached hydrogen (secondary N) is 1. The molecule has 0 saturated carbocycles. The maximum absolute atomic E-state index is 11.6. The molecular formula is C15H16N3O6S-. The maximum Gasteiger partial charge on any atom is 0.239 e. The van der Waals surface area contributed by atoms with Crippen molar-refractivity contribution in [3.63, 3.8) is 0 Å². The first kappa shape index (κ1) is 18.6. The molecule has 1 aliphatic heterocycles. The zero-order valence-corrected chi connectivity index (χ0v) is 14.6. The van der Waals surface area contributed by atoms with Crippen molar-refractivity contribution in [2.24, 2.45) is 10.2 Å². The molecule has 0 aliphatic carbocycles. The Balaban J connectivity index is 2.14. The Hall–Kier alpha value is -2.75. The first-order valence-corrected chi connectivity index (χ1v) is 7.94. The Morgan fingerprint density at radius 2 is 1.92 bits per heavy atom. The number of benzene rings is 1. The monoisotopic (exact) mass is 366 g/mol. The minimum Gasteiger partial charge on any atom is -0.550 e. The number of thioether (sulfide) groups is 1. The highest BCUT2D eigenvalue weighted by Crippen LogP contribution is 2.37. The zero-order chi connectivity index (χ0) is 18.4. The predicted molar refractivity (Wildman–Crippen MR) is 90.3 cm³/mol. The molecule has 2 rings (SSSR count). The number of aliphatic carboxylic acids is 1. The third kappa shape index (κ3) is 4.63. The van der Waals surface area contributed by atoms with Crippen LogP contribution in [-0.2, 0) is 9.59 Å². The average Bonchev–Trinajstić information content (AvgIpc) is 2.92. The number of hydrogen-bond donors (Lipinski definition) is 1. The van der Waals surface area contributed by atoms with Gasteiger partial charge in [-0.3, -0.25) is 4.79 Å². The van der Waals surface area contributed by atoms with Gasteiger partial charge in [-0.05, 0) is 12.1 Å². The standard InChI is InChI=1S/C15H17N3O6S/c1-22-9-4-8(5-10(23-2)13(9)24-3)7-16-18-15-17-14(21)11(25-15)6-12(19)20/h4-5,7,11H,6H2,1-3H3,(H,19,20)(H,17,18,21)/p-1/b16-7-/t11-/m1/s1. The summed E-state index contributed by atoms with van der Waals surface area (Å²) >= 11 is 0.989. The van der Waals surface area contributed by atoms with Gasteiger partial charge in [-0.25, -0.2) is 0 Å². The molecular weight excluding hydrogens is 350 g/mol. The van der Waals surface area contributed by atoms with Gasteiger partial charge in [0.15, 0.2) is 16.7 Å². The summed E-state index contributed by atoms with van der Waals surface area (Å²) in [5.74, 6) is -0.343. The number of rotatable bonds is 7. The largest absolute Gasteiger partial charge is 0.550 e. The van der Waals surface area contributed by atoms with Crippen molar-refractivity contribution >= 4 is 35.0 Å². The summed E-state index contributed by atoms with van der Waals surface area (Å²) in [5.41, 5.74) is 0.638. The quantitative estimate of drug-likeness (QED) is 0.523. The van der Waals surface area contributed by atoms with Gasteiger partial charge < -0.3 is 29.4 Å². The minimum atomic E-state index is -1.30. The number of methoxy groups -OCH3 is 3.